The van der Waals surface area contributed by atoms with E-state index in [-0.39, 0.29) is 5.41 Å². The van der Waals surface area contributed by atoms with Gasteiger partial charge in [0.05, 0.1) is 5.41 Å². The first-order valence-electron chi connectivity index (χ1n) is 5.89. The van der Waals surface area contributed by atoms with Crippen LogP contribution in [-0.2, 0) is 11.8 Å². The molecule has 0 aliphatic carbocycles. The van der Waals surface area contributed by atoms with E-state index in [0.717, 1.165) is 5.56 Å². The highest BCUT2D eigenvalue weighted by Crippen LogP contribution is 2.24. The molecule has 0 atom stereocenters. The summed E-state index contributed by atoms with van der Waals surface area (Å²) in [5.41, 5.74) is 6.26. The normalized spacial score (nSPS) is 11.8. The molecule has 1 aromatic carbocycles. The lowest BCUT2D eigenvalue weighted by molar-refractivity contribution is 0.309. The number of halogens is 2. The molecular weight excluding hydrogens is 285 g/mol. The van der Waals surface area contributed by atoms with Gasteiger partial charge >= 0.3 is 0 Å². The summed E-state index contributed by atoms with van der Waals surface area (Å²) in [6.07, 6.45) is 0.500. The molecular formula is C13H15Cl2N3O. The Morgan fingerprint density at radius 2 is 2.05 bits per heavy atom. The molecule has 0 radical (unpaired) electrons. The molecule has 0 fully saturated rings. The van der Waals surface area contributed by atoms with Gasteiger partial charge in [-0.1, -0.05) is 34.4 Å². The van der Waals surface area contributed by atoms with Gasteiger partial charge in [-0.15, -0.1) is 0 Å². The standard InChI is InChI=1S/C13H15Cl2N3O/c1-13(2,7-16)12-17-11(18-19-12)5-8-3-4-9(14)6-10(8)15/h3-4,6H,5,7,16H2,1-2H3. The predicted octanol–water partition coefficient (Wildman–Crippen LogP) is 3.20. The van der Waals surface area contributed by atoms with Crippen LogP contribution in [0.25, 0.3) is 0 Å². The van der Waals surface area contributed by atoms with E-state index in [2.05, 4.69) is 10.1 Å². The summed E-state index contributed by atoms with van der Waals surface area (Å²) in [6.45, 7) is 4.36. The fraction of sp³-hybridized carbons (Fsp3) is 0.385. The maximum absolute atomic E-state index is 6.11. The minimum Gasteiger partial charge on any atom is -0.339 e. The summed E-state index contributed by atoms with van der Waals surface area (Å²) < 4.78 is 5.25. The first kappa shape index (κ1) is 14.3. The molecule has 0 aliphatic rings. The van der Waals surface area contributed by atoms with Gasteiger partial charge in [0.15, 0.2) is 5.82 Å². The summed E-state index contributed by atoms with van der Waals surface area (Å²) in [5, 5.41) is 5.15. The summed E-state index contributed by atoms with van der Waals surface area (Å²) in [7, 11) is 0. The highest BCUT2D eigenvalue weighted by atomic mass is 35.5. The van der Waals surface area contributed by atoms with Crippen LogP contribution in [0.15, 0.2) is 22.7 Å². The quantitative estimate of drug-likeness (QED) is 0.941. The van der Waals surface area contributed by atoms with Gasteiger partial charge in [-0.3, -0.25) is 0 Å². The van der Waals surface area contributed by atoms with Crippen molar-refractivity contribution in [3.63, 3.8) is 0 Å². The summed E-state index contributed by atoms with van der Waals surface area (Å²) in [4.78, 5) is 4.36. The molecule has 102 valence electrons. The second kappa shape index (κ2) is 5.49. The molecule has 4 nitrogen and oxygen atoms in total. The van der Waals surface area contributed by atoms with Gasteiger partial charge in [0.2, 0.25) is 5.89 Å². The lowest BCUT2D eigenvalue weighted by atomic mass is 9.94. The van der Waals surface area contributed by atoms with Crippen molar-refractivity contribution in [3.05, 3.63) is 45.5 Å². The Kier molecular flexibility index (Phi) is 4.13. The van der Waals surface area contributed by atoms with Crippen LogP contribution in [0.5, 0.6) is 0 Å². The van der Waals surface area contributed by atoms with Crippen molar-refractivity contribution in [2.24, 2.45) is 5.73 Å². The fourth-order valence-electron chi connectivity index (χ4n) is 1.52. The minimum absolute atomic E-state index is 0.324. The largest absolute Gasteiger partial charge is 0.339 e. The van der Waals surface area contributed by atoms with Crippen LogP contribution in [0.3, 0.4) is 0 Å². The van der Waals surface area contributed by atoms with Crippen molar-refractivity contribution in [1.82, 2.24) is 10.1 Å². The van der Waals surface area contributed by atoms with E-state index in [1.165, 1.54) is 0 Å². The molecule has 0 unspecified atom stereocenters. The number of benzene rings is 1. The van der Waals surface area contributed by atoms with Gasteiger partial charge in [-0.25, -0.2) is 0 Å². The monoisotopic (exact) mass is 299 g/mol. The molecule has 2 rings (SSSR count). The molecule has 0 amide bonds. The number of nitrogens with two attached hydrogens (primary N) is 1. The molecule has 19 heavy (non-hydrogen) atoms. The third kappa shape index (κ3) is 3.26. The zero-order valence-electron chi connectivity index (χ0n) is 10.8. The summed E-state index contributed by atoms with van der Waals surface area (Å²) in [6, 6.07) is 5.34. The van der Waals surface area contributed by atoms with Crippen LogP contribution < -0.4 is 5.73 Å². The van der Waals surface area contributed by atoms with E-state index in [1.807, 2.05) is 19.9 Å². The Bertz CT molecular complexity index is 581. The second-order valence-corrected chi connectivity index (χ2v) is 5.86. The highest BCUT2D eigenvalue weighted by Gasteiger charge is 2.26. The minimum atomic E-state index is -0.324. The fourth-order valence-corrected chi connectivity index (χ4v) is 2.00. The lowest BCUT2D eigenvalue weighted by Gasteiger charge is -2.15. The van der Waals surface area contributed by atoms with Gasteiger partial charge in [0.1, 0.15) is 0 Å². The average molecular weight is 300 g/mol. The topological polar surface area (TPSA) is 64.9 Å². The SMILES string of the molecule is CC(C)(CN)c1nc(Cc2ccc(Cl)cc2Cl)no1. The van der Waals surface area contributed by atoms with Crippen molar-refractivity contribution in [1.29, 1.82) is 0 Å². The Hall–Kier alpha value is -1.10. The van der Waals surface area contributed by atoms with Crippen LogP contribution in [-0.4, -0.2) is 16.7 Å². The Balaban J connectivity index is 2.20. The van der Waals surface area contributed by atoms with Crippen LogP contribution >= 0.6 is 23.2 Å². The van der Waals surface area contributed by atoms with Crippen molar-refractivity contribution in [2.75, 3.05) is 6.54 Å². The molecule has 0 aliphatic heterocycles. The molecule has 0 bridgehead atoms. The zero-order valence-corrected chi connectivity index (χ0v) is 12.3. The molecule has 0 saturated heterocycles. The van der Waals surface area contributed by atoms with Crippen molar-refractivity contribution in [3.8, 4) is 0 Å². The lowest BCUT2D eigenvalue weighted by Crippen LogP contribution is -2.28. The van der Waals surface area contributed by atoms with Crippen molar-refractivity contribution >= 4 is 23.2 Å². The van der Waals surface area contributed by atoms with E-state index >= 15 is 0 Å². The maximum atomic E-state index is 6.11. The third-order valence-electron chi connectivity index (χ3n) is 2.92. The van der Waals surface area contributed by atoms with Crippen LogP contribution in [0.2, 0.25) is 10.0 Å². The third-order valence-corrected chi connectivity index (χ3v) is 3.51. The van der Waals surface area contributed by atoms with Crippen LogP contribution in [0.4, 0.5) is 0 Å². The predicted molar refractivity (Wildman–Crippen MR) is 75.6 cm³/mol. The Morgan fingerprint density at radius 1 is 1.32 bits per heavy atom. The van der Waals surface area contributed by atoms with E-state index in [9.17, 15) is 0 Å². The van der Waals surface area contributed by atoms with Crippen LogP contribution in [0.1, 0.15) is 31.1 Å². The van der Waals surface area contributed by atoms with Gasteiger partial charge < -0.3 is 10.3 Å². The highest BCUT2D eigenvalue weighted by molar-refractivity contribution is 6.35. The number of hydrogen-bond acceptors (Lipinski definition) is 4. The molecule has 0 saturated carbocycles. The first-order chi connectivity index (χ1) is 8.92. The van der Waals surface area contributed by atoms with Gasteiger partial charge in [-0.05, 0) is 31.5 Å². The van der Waals surface area contributed by atoms with E-state index in [1.54, 1.807) is 12.1 Å². The van der Waals surface area contributed by atoms with Crippen molar-refractivity contribution in [2.45, 2.75) is 25.7 Å². The zero-order chi connectivity index (χ0) is 14.0. The molecule has 2 N–H and O–H groups in total. The van der Waals surface area contributed by atoms with Gasteiger partial charge in [-0.2, -0.15) is 4.98 Å². The average Bonchev–Trinajstić information content (AvgIpc) is 2.82. The van der Waals surface area contributed by atoms with Gasteiger partial charge in [0.25, 0.3) is 0 Å². The molecule has 1 aromatic heterocycles. The molecule has 0 spiro atoms. The van der Waals surface area contributed by atoms with Gasteiger partial charge in [0, 0.05) is 23.0 Å². The molecule has 6 heteroatoms. The number of rotatable bonds is 4. The molecule has 2 aromatic rings. The Labute approximate surface area is 121 Å². The smallest absolute Gasteiger partial charge is 0.233 e. The number of aromatic nitrogens is 2. The number of hydrogen-bond donors (Lipinski definition) is 1. The van der Waals surface area contributed by atoms with Crippen molar-refractivity contribution < 1.29 is 4.52 Å². The summed E-state index contributed by atoms with van der Waals surface area (Å²) in [5.74, 6) is 1.12. The maximum Gasteiger partial charge on any atom is 0.233 e. The van der Waals surface area contributed by atoms with E-state index in [4.69, 9.17) is 33.5 Å². The summed E-state index contributed by atoms with van der Waals surface area (Å²) >= 11 is 12.0. The Morgan fingerprint density at radius 3 is 2.68 bits per heavy atom. The van der Waals surface area contributed by atoms with Crippen LogP contribution in [0, 0.1) is 0 Å². The second-order valence-electron chi connectivity index (χ2n) is 5.02. The molecule has 1 heterocycles. The first-order valence-corrected chi connectivity index (χ1v) is 6.65. The van der Waals surface area contributed by atoms with E-state index in [0.29, 0.717) is 34.7 Å². The van der Waals surface area contributed by atoms with E-state index < -0.39 is 0 Å². The number of nitrogens with zero attached hydrogens (tertiary/aromatic N) is 2.